The zero-order valence-corrected chi connectivity index (χ0v) is 22.6. The highest BCUT2D eigenvalue weighted by molar-refractivity contribution is 5.96. The zero-order chi connectivity index (χ0) is 27.0. The number of hydrogen-bond donors (Lipinski definition) is 1. The van der Waals surface area contributed by atoms with Crippen LogP contribution in [0.2, 0.25) is 0 Å². The molecule has 2 spiro atoms. The first kappa shape index (κ1) is 24.8. The van der Waals surface area contributed by atoms with Gasteiger partial charge in [-0.2, -0.15) is 4.98 Å². The van der Waals surface area contributed by atoms with Crippen molar-refractivity contribution in [3.63, 3.8) is 0 Å². The van der Waals surface area contributed by atoms with Crippen molar-refractivity contribution < 1.29 is 13.5 Å². The number of nitrogens with one attached hydrogen (secondary N) is 1. The fourth-order valence-corrected chi connectivity index (χ4v) is 6.71. The molecule has 3 aromatic heterocycles. The number of anilines is 4. The van der Waals surface area contributed by atoms with E-state index in [-0.39, 0.29) is 17.9 Å². The first-order valence-electron chi connectivity index (χ1n) is 13.8. The Morgan fingerprint density at radius 2 is 1.79 bits per heavy atom. The van der Waals surface area contributed by atoms with Crippen molar-refractivity contribution in [3.8, 4) is 0 Å². The normalized spacial score (nSPS) is 25.6. The van der Waals surface area contributed by atoms with Crippen LogP contribution >= 0.6 is 0 Å². The highest BCUT2D eigenvalue weighted by Crippen LogP contribution is 2.47. The summed E-state index contributed by atoms with van der Waals surface area (Å²) in [6.45, 7) is 7.82. The van der Waals surface area contributed by atoms with E-state index in [4.69, 9.17) is 14.7 Å². The van der Waals surface area contributed by atoms with Crippen LogP contribution < -0.4 is 15.1 Å². The van der Waals surface area contributed by atoms with Crippen molar-refractivity contribution >= 4 is 34.2 Å². The van der Waals surface area contributed by atoms with Gasteiger partial charge in [0, 0.05) is 63.0 Å². The van der Waals surface area contributed by atoms with Crippen LogP contribution in [0.3, 0.4) is 0 Å². The molecule has 4 aliphatic rings. The van der Waals surface area contributed by atoms with E-state index in [0.717, 1.165) is 41.8 Å². The molecule has 0 aliphatic carbocycles. The quantitative estimate of drug-likeness (QED) is 0.516. The molecule has 0 saturated carbocycles. The first-order chi connectivity index (χ1) is 18.7. The Kier molecular flexibility index (Phi) is 5.51. The van der Waals surface area contributed by atoms with Gasteiger partial charge < -0.3 is 24.8 Å². The van der Waals surface area contributed by atoms with E-state index in [1.807, 2.05) is 18.5 Å². The van der Waals surface area contributed by atoms with Gasteiger partial charge in [-0.3, -0.25) is 0 Å². The van der Waals surface area contributed by atoms with E-state index in [9.17, 15) is 8.78 Å². The number of rotatable bonds is 5. The molecule has 1 N–H and O–H groups in total. The predicted molar refractivity (Wildman–Crippen MR) is 146 cm³/mol. The Morgan fingerprint density at radius 1 is 0.974 bits per heavy atom. The number of fused-ring (bicyclic) bond motifs is 1. The Morgan fingerprint density at radius 3 is 2.44 bits per heavy atom. The van der Waals surface area contributed by atoms with Crippen LogP contribution in [0.15, 0.2) is 30.7 Å². The molecule has 4 aliphatic heterocycles. The molecule has 4 saturated heterocycles. The number of hydrogen-bond acceptors (Lipinski definition) is 9. The van der Waals surface area contributed by atoms with Crippen molar-refractivity contribution in [1.29, 1.82) is 0 Å². The summed E-state index contributed by atoms with van der Waals surface area (Å²) in [5.74, 6) is -0.236. The maximum Gasteiger partial charge on any atom is 0.293 e. The topological polar surface area (TPSA) is 82.5 Å². The van der Waals surface area contributed by atoms with Gasteiger partial charge in [0.2, 0.25) is 5.95 Å². The number of likely N-dealkylation sites (tertiary alicyclic amines) is 1. The molecule has 9 nitrogen and oxygen atoms in total. The average molecular weight is 537 g/mol. The Hall–Kier alpha value is -3.18. The molecule has 206 valence electrons. The number of aromatic nitrogens is 4. The summed E-state index contributed by atoms with van der Waals surface area (Å²) in [7, 11) is 2.16. The summed E-state index contributed by atoms with van der Waals surface area (Å²) >= 11 is 0. The third-order valence-electron chi connectivity index (χ3n) is 9.07. The molecule has 39 heavy (non-hydrogen) atoms. The summed E-state index contributed by atoms with van der Waals surface area (Å²) < 4.78 is 35.1. The van der Waals surface area contributed by atoms with E-state index < -0.39 is 18.1 Å². The van der Waals surface area contributed by atoms with Crippen LogP contribution in [-0.2, 0) is 4.74 Å². The lowest BCUT2D eigenvalue weighted by molar-refractivity contribution is -0.276. The van der Waals surface area contributed by atoms with Crippen LogP contribution in [0.5, 0.6) is 0 Å². The lowest BCUT2D eigenvalue weighted by Crippen LogP contribution is -2.76. The fraction of sp³-hybridized carbons (Fsp3) is 0.571. The van der Waals surface area contributed by atoms with Gasteiger partial charge in [-0.15, -0.1) is 0 Å². The number of likely N-dealkylation sites (N-methyl/N-ethyl adjacent to an activating group) is 1. The smallest absolute Gasteiger partial charge is 0.293 e. The van der Waals surface area contributed by atoms with Gasteiger partial charge >= 0.3 is 0 Å². The van der Waals surface area contributed by atoms with E-state index in [1.165, 1.54) is 6.42 Å². The molecule has 7 rings (SSSR count). The molecule has 0 aromatic carbocycles. The SMILES string of the molecule is CC(C)c1cnc(N2CCC23CN(C)C3)c2cnc(Nc3ccnc(N4CCC5(CCO5)C(F)(F)C4)n3)cc12. The van der Waals surface area contributed by atoms with Gasteiger partial charge in [-0.1, -0.05) is 13.8 Å². The van der Waals surface area contributed by atoms with Crippen molar-refractivity contribution in [3.05, 3.63) is 36.3 Å². The zero-order valence-electron chi connectivity index (χ0n) is 22.6. The van der Waals surface area contributed by atoms with E-state index in [1.54, 1.807) is 17.2 Å². The molecule has 3 aromatic rings. The van der Waals surface area contributed by atoms with Gasteiger partial charge in [0.25, 0.3) is 5.92 Å². The van der Waals surface area contributed by atoms with E-state index >= 15 is 0 Å². The molecule has 0 amide bonds. The Balaban J connectivity index is 1.16. The fourth-order valence-electron chi connectivity index (χ4n) is 6.71. The third-order valence-corrected chi connectivity index (χ3v) is 9.07. The summed E-state index contributed by atoms with van der Waals surface area (Å²) in [5, 5.41) is 5.44. The molecular weight excluding hydrogens is 502 g/mol. The van der Waals surface area contributed by atoms with Crippen LogP contribution in [-0.4, -0.2) is 88.3 Å². The average Bonchev–Trinajstić information content (AvgIpc) is 2.84. The molecule has 4 fully saturated rings. The van der Waals surface area contributed by atoms with Gasteiger partial charge in [0.1, 0.15) is 23.1 Å². The third kappa shape index (κ3) is 3.84. The molecule has 1 unspecified atom stereocenters. The second-order valence-electron chi connectivity index (χ2n) is 11.9. The molecular formula is C28H34F2N8O. The molecule has 0 bridgehead atoms. The highest BCUT2D eigenvalue weighted by Gasteiger charge is 2.61. The minimum atomic E-state index is -2.95. The number of nitrogens with zero attached hydrogens (tertiary/aromatic N) is 7. The van der Waals surface area contributed by atoms with Crippen LogP contribution in [0.4, 0.5) is 32.2 Å². The standard InChI is InChI=1S/C28H34F2N8O/c1-18(2)20-13-33-24(38-10-5-26(38)15-36(3)16-26)21-14-32-23(12-19(20)21)34-22-4-8-31-25(35-22)37-9-6-27(7-11-39-27)28(29,30)17-37/h4,8,12-14,18H,5-7,9-11,15-17H2,1-3H3,(H,31,32,34,35). The van der Waals surface area contributed by atoms with Crippen LogP contribution in [0, 0.1) is 0 Å². The largest absolute Gasteiger partial charge is 0.368 e. The Labute approximate surface area is 226 Å². The molecule has 0 radical (unpaired) electrons. The number of ether oxygens (including phenoxy) is 1. The van der Waals surface area contributed by atoms with E-state index in [0.29, 0.717) is 37.1 Å². The number of pyridine rings is 2. The van der Waals surface area contributed by atoms with Crippen molar-refractivity contribution in [2.45, 2.75) is 56.1 Å². The minimum Gasteiger partial charge on any atom is -0.368 e. The van der Waals surface area contributed by atoms with Gasteiger partial charge in [-0.05, 0) is 42.5 Å². The second-order valence-corrected chi connectivity index (χ2v) is 11.9. The number of alkyl halides is 2. The summed E-state index contributed by atoms with van der Waals surface area (Å²) in [6.07, 6.45) is 7.33. The van der Waals surface area contributed by atoms with Crippen molar-refractivity contribution in [1.82, 2.24) is 24.8 Å². The van der Waals surface area contributed by atoms with Crippen LogP contribution in [0.1, 0.15) is 44.6 Å². The molecule has 11 heteroatoms. The Bertz CT molecular complexity index is 1420. The summed E-state index contributed by atoms with van der Waals surface area (Å²) in [6, 6.07) is 3.77. The maximum absolute atomic E-state index is 14.9. The molecule has 7 heterocycles. The maximum atomic E-state index is 14.9. The van der Waals surface area contributed by atoms with Crippen molar-refractivity contribution in [2.24, 2.45) is 0 Å². The van der Waals surface area contributed by atoms with Gasteiger partial charge in [0.05, 0.1) is 18.7 Å². The van der Waals surface area contributed by atoms with E-state index in [2.05, 4.69) is 46.0 Å². The van der Waals surface area contributed by atoms with Crippen LogP contribution in [0.25, 0.3) is 10.8 Å². The number of halogens is 2. The lowest BCUT2D eigenvalue weighted by Gasteiger charge is -2.62. The lowest BCUT2D eigenvalue weighted by atomic mass is 9.77. The summed E-state index contributed by atoms with van der Waals surface area (Å²) in [4.78, 5) is 24.8. The first-order valence-corrected chi connectivity index (χ1v) is 13.8. The van der Waals surface area contributed by atoms with Gasteiger partial charge in [-0.25, -0.2) is 23.7 Å². The van der Waals surface area contributed by atoms with Crippen molar-refractivity contribution in [2.75, 3.05) is 61.5 Å². The molecule has 1 atom stereocenters. The predicted octanol–water partition coefficient (Wildman–Crippen LogP) is 4.19. The monoisotopic (exact) mass is 536 g/mol. The summed E-state index contributed by atoms with van der Waals surface area (Å²) in [5.41, 5.74) is 0.0314. The minimum absolute atomic E-state index is 0.192. The second kappa shape index (κ2) is 8.66. The number of piperidine rings is 1. The van der Waals surface area contributed by atoms with Gasteiger partial charge in [0.15, 0.2) is 0 Å². The highest BCUT2D eigenvalue weighted by atomic mass is 19.3.